The second kappa shape index (κ2) is 8.10. The van der Waals surface area contributed by atoms with E-state index in [0.29, 0.717) is 4.80 Å². The van der Waals surface area contributed by atoms with Crippen molar-refractivity contribution >= 4 is 33.4 Å². The molecule has 0 aliphatic carbocycles. The topological polar surface area (TPSA) is 60.7 Å². The molecule has 3 aromatic rings. The number of methoxy groups -OCH3 is 1. The van der Waals surface area contributed by atoms with Crippen molar-refractivity contribution in [2.75, 3.05) is 7.11 Å². The Morgan fingerprint density at radius 2 is 1.88 bits per heavy atom. The summed E-state index contributed by atoms with van der Waals surface area (Å²) in [5, 5.41) is 0. The van der Waals surface area contributed by atoms with E-state index < -0.39 is 0 Å². The van der Waals surface area contributed by atoms with Crippen LogP contribution in [0.15, 0.2) is 53.5 Å². The molecule has 26 heavy (non-hydrogen) atoms. The molecule has 0 aliphatic rings. The van der Waals surface area contributed by atoms with Crippen LogP contribution in [0, 0.1) is 0 Å². The van der Waals surface area contributed by atoms with Gasteiger partial charge in [-0.3, -0.25) is 9.59 Å². The summed E-state index contributed by atoms with van der Waals surface area (Å²) in [7, 11) is 1.35. The van der Waals surface area contributed by atoms with E-state index in [1.807, 2.05) is 42.5 Å². The van der Waals surface area contributed by atoms with Gasteiger partial charge in [-0.1, -0.05) is 54.7 Å². The number of aromatic nitrogens is 1. The van der Waals surface area contributed by atoms with Crippen molar-refractivity contribution in [1.82, 2.24) is 4.57 Å². The molecule has 1 amide bonds. The average Bonchev–Trinajstić information content (AvgIpc) is 2.98. The van der Waals surface area contributed by atoms with Crippen molar-refractivity contribution in [3.63, 3.8) is 0 Å². The summed E-state index contributed by atoms with van der Waals surface area (Å²) in [5.74, 6) is -0.613. The molecule has 0 fully saturated rings. The number of benzene rings is 2. The number of thiazole rings is 1. The molecule has 6 heteroatoms. The van der Waals surface area contributed by atoms with E-state index in [1.165, 1.54) is 24.0 Å². The molecule has 1 heterocycles. The number of hydrogen-bond acceptors (Lipinski definition) is 4. The normalized spacial score (nSPS) is 11.7. The molecule has 0 N–H and O–H groups in total. The van der Waals surface area contributed by atoms with Gasteiger partial charge in [-0.2, -0.15) is 4.99 Å². The number of fused-ring (bicyclic) bond motifs is 1. The van der Waals surface area contributed by atoms with Crippen LogP contribution in [-0.2, 0) is 33.7 Å². The van der Waals surface area contributed by atoms with Crippen LogP contribution in [0.5, 0.6) is 0 Å². The molecule has 3 rings (SSSR count). The molecule has 0 bridgehead atoms. The first-order valence-corrected chi connectivity index (χ1v) is 9.23. The molecule has 5 nitrogen and oxygen atoms in total. The van der Waals surface area contributed by atoms with Gasteiger partial charge in [0.25, 0.3) is 5.91 Å². The zero-order chi connectivity index (χ0) is 18.5. The Kier molecular flexibility index (Phi) is 5.63. The lowest BCUT2D eigenvalue weighted by Gasteiger charge is -2.04. The second-order valence-corrected chi connectivity index (χ2v) is 6.88. The van der Waals surface area contributed by atoms with Gasteiger partial charge in [0.15, 0.2) is 4.80 Å². The summed E-state index contributed by atoms with van der Waals surface area (Å²) >= 11 is 1.41. The molecular formula is C20H20N2O3S. The van der Waals surface area contributed by atoms with Gasteiger partial charge >= 0.3 is 5.97 Å². The van der Waals surface area contributed by atoms with Gasteiger partial charge in [-0.05, 0) is 29.7 Å². The quantitative estimate of drug-likeness (QED) is 0.650. The molecule has 0 aliphatic heterocycles. The van der Waals surface area contributed by atoms with Crippen molar-refractivity contribution in [2.45, 2.75) is 26.3 Å². The van der Waals surface area contributed by atoms with Crippen molar-refractivity contribution in [2.24, 2.45) is 4.99 Å². The number of hydrogen-bond donors (Lipinski definition) is 0. The zero-order valence-corrected chi connectivity index (χ0v) is 15.6. The van der Waals surface area contributed by atoms with Crippen LogP contribution >= 0.6 is 11.3 Å². The Balaban J connectivity index is 2.03. The summed E-state index contributed by atoms with van der Waals surface area (Å²) < 4.78 is 7.54. The van der Waals surface area contributed by atoms with Crippen LogP contribution < -0.4 is 4.80 Å². The second-order valence-electron chi connectivity index (χ2n) is 5.87. The Bertz CT molecular complexity index is 1000. The van der Waals surface area contributed by atoms with E-state index in [0.717, 1.165) is 22.2 Å². The van der Waals surface area contributed by atoms with Crippen LogP contribution in [0.1, 0.15) is 18.1 Å². The number of rotatable bonds is 5. The Labute approximate surface area is 155 Å². The predicted octanol–water partition coefficient (Wildman–Crippen LogP) is 3.11. The number of ether oxygens (including phenoxy) is 1. The average molecular weight is 368 g/mol. The van der Waals surface area contributed by atoms with E-state index in [-0.39, 0.29) is 24.8 Å². The van der Waals surface area contributed by atoms with Crippen LogP contribution in [0.2, 0.25) is 0 Å². The van der Waals surface area contributed by atoms with Crippen molar-refractivity contribution in [1.29, 1.82) is 0 Å². The molecule has 0 spiro atoms. The minimum absolute atomic E-state index is 0.0272. The van der Waals surface area contributed by atoms with Gasteiger partial charge in [0, 0.05) is 0 Å². The van der Waals surface area contributed by atoms with Crippen molar-refractivity contribution in [3.05, 3.63) is 64.5 Å². The molecule has 0 radical (unpaired) electrons. The van der Waals surface area contributed by atoms with Gasteiger partial charge in [0.1, 0.15) is 6.54 Å². The summed E-state index contributed by atoms with van der Waals surface area (Å²) in [5.41, 5.74) is 2.99. The largest absolute Gasteiger partial charge is 0.468 e. The lowest BCUT2D eigenvalue weighted by molar-refractivity contribution is -0.141. The Morgan fingerprint density at radius 1 is 1.12 bits per heavy atom. The third kappa shape index (κ3) is 4.08. The summed E-state index contributed by atoms with van der Waals surface area (Å²) in [6.07, 6.45) is 1.15. The molecule has 134 valence electrons. The highest BCUT2D eigenvalue weighted by molar-refractivity contribution is 7.16. The Morgan fingerprint density at radius 3 is 2.58 bits per heavy atom. The fourth-order valence-electron chi connectivity index (χ4n) is 2.69. The monoisotopic (exact) mass is 368 g/mol. The number of nitrogens with zero attached hydrogens (tertiary/aromatic N) is 2. The first-order chi connectivity index (χ1) is 12.6. The standard InChI is InChI=1S/C20H20N2O3S/c1-3-14-9-10-16-17(11-14)26-20(22(16)13-19(24)25-2)21-18(23)12-15-7-5-4-6-8-15/h4-11H,3,12-13H2,1-2H3. The van der Waals surface area contributed by atoms with Gasteiger partial charge in [-0.25, -0.2) is 0 Å². The summed E-state index contributed by atoms with van der Waals surface area (Å²) in [6, 6.07) is 15.6. The highest BCUT2D eigenvalue weighted by Gasteiger charge is 2.12. The van der Waals surface area contributed by atoms with Gasteiger partial charge in [0.05, 0.1) is 23.7 Å². The Hall–Kier alpha value is -2.73. The predicted molar refractivity (Wildman–Crippen MR) is 102 cm³/mol. The molecular weight excluding hydrogens is 348 g/mol. The fraction of sp³-hybridized carbons (Fsp3) is 0.250. The highest BCUT2D eigenvalue weighted by atomic mass is 32.1. The van der Waals surface area contributed by atoms with Crippen LogP contribution in [0.25, 0.3) is 10.2 Å². The van der Waals surface area contributed by atoms with Gasteiger partial charge in [-0.15, -0.1) is 0 Å². The van der Waals surface area contributed by atoms with E-state index in [9.17, 15) is 9.59 Å². The maximum Gasteiger partial charge on any atom is 0.325 e. The first kappa shape index (κ1) is 18.1. The minimum atomic E-state index is -0.374. The maximum absolute atomic E-state index is 12.4. The van der Waals surface area contributed by atoms with E-state index in [1.54, 1.807) is 4.57 Å². The highest BCUT2D eigenvalue weighted by Crippen LogP contribution is 2.20. The van der Waals surface area contributed by atoms with Crippen LogP contribution in [0.4, 0.5) is 0 Å². The molecule has 0 unspecified atom stereocenters. The number of aryl methyl sites for hydroxylation is 1. The minimum Gasteiger partial charge on any atom is -0.468 e. The smallest absolute Gasteiger partial charge is 0.325 e. The summed E-state index contributed by atoms with van der Waals surface area (Å²) in [6.45, 7) is 2.12. The van der Waals surface area contributed by atoms with E-state index >= 15 is 0 Å². The number of carbonyl (C=O) groups excluding carboxylic acids is 2. The van der Waals surface area contributed by atoms with Gasteiger partial charge < -0.3 is 9.30 Å². The maximum atomic E-state index is 12.4. The van der Waals surface area contributed by atoms with Crippen LogP contribution in [-0.4, -0.2) is 23.6 Å². The van der Waals surface area contributed by atoms with Crippen LogP contribution in [0.3, 0.4) is 0 Å². The number of carbonyl (C=O) groups is 2. The molecule has 0 atom stereocenters. The molecule has 2 aromatic carbocycles. The zero-order valence-electron chi connectivity index (χ0n) is 14.8. The van der Waals surface area contributed by atoms with Crippen molar-refractivity contribution < 1.29 is 14.3 Å². The van der Waals surface area contributed by atoms with Gasteiger partial charge in [0.2, 0.25) is 0 Å². The number of esters is 1. The van der Waals surface area contributed by atoms with E-state index in [4.69, 9.17) is 4.74 Å². The van der Waals surface area contributed by atoms with E-state index in [2.05, 4.69) is 18.0 Å². The fourth-order valence-corrected chi connectivity index (χ4v) is 3.80. The molecule has 1 aromatic heterocycles. The number of amides is 1. The first-order valence-electron chi connectivity index (χ1n) is 8.41. The molecule has 0 saturated heterocycles. The summed E-state index contributed by atoms with van der Waals surface area (Å²) in [4.78, 5) is 29.0. The SMILES string of the molecule is CCc1ccc2c(c1)sc(=NC(=O)Cc1ccccc1)n2CC(=O)OC. The lowest BCUT2D eigenvalue weighted by atomic mass is 10.1. The molecule has 0 saturated carbocycles. The van der Waals surface area contributed by atoms with Crippen molar-refractivity contribution in [3.8, 4) is 0 Å². The third-order valence-corrected chi connectivity index (χ3v) is 5.13. The lowest BCUT2D eigenvalue weighted by Crippen LogP contribution is -2.22. The third-order valence-electron chi connectivity index (χ3n) is 4.09.